The summed E-state index contributed by atoms with van der Waals surface area (Å²) in [5.41, 5.74) is 0. The molecule has 5 heteroatoms. The van der Waals surface area contributed by atoms with Crippen LogP contribution in [0.3, 0.4) is 0 Å². The number of ether oxygens (including phenoxy) is 2. The Hall–Kier alpha value is -0.650. The molecule has 0 saturated carbocycles. The molecular weight excluding hydrogens is 222 g/mol. The minimum Gasteiger partial charge on any atom is -0.389 e. The average Bonchev–Trinajstić information content (AvgIpc) is 2.35. The van der Waals surface area contributed by atoms with Crippen molar-refractivity contribution < 1.29 is 19.4 Å². The zero-order valence-electron chi connectivity index (χ0n) is 10.5. The predicted molar refractivity (Wildman–Crippen MR) is 63.7 cm³/mol. The van der Waals surface area contributed by atoms with Crippen LogP contribution in [-0.4, -0.2) is 50.1 Å². The molecule has 0 radical (unpaired) electrons. The van der Waals surface area contributed by atoms with Crippen LogP contribution in [0.2, 0.25) is 0 Å². The highest BCUT2D eigenvalue weighted by atomic mass is 16.5. The molecule has 0 aromatic rings. The van der Waals surface area contributed by atoms with Crippen LogP contribution in [0.1, 0.15) is 32.1 Å². The molecule has 0 spiro atoms. The molecule has 5 nitrogen and oxygen atoms in total. The largest absolute Gasteiger partial charge is 0.389 e. The van der Waals surface area contributed by atoms with Crippen molar-refractivity contribution in [3.8, 4) is 0 Å². The van der Waals surface area contributed by atoms with Gasteiger partial charge in [0.15, 0.2) is 0 Å². The van der Waals surface area contributed by atoms with Crippen molar-refractivity contribution in [1.29, 1.82) is 0 Å². The number of amides is 1. The van der Waals surface area contributed by atoms with E-state index in [4.69, 9.17) is 9.47 Å². The lowest BCUT2D eigenvalue weighted by molar-refractivity contribution is -0.122. The first-order chi connectivity index (χ1) is 8.22. The summed E-state index contributed by atoms with van der Waals surface area (Å²) in [5.74, 6) is -0.0330. The Balaban J connectivity index is 2.04. The first-order valence-corrected chi connectivity index (χ1v) is 6.27. The molecule has 0 bridgehead atoms. The molecule has 2 atom stereocenters. The minimum atomic E-state index is -0.630. The SMILES string of the molecule is COCC(O)CNC(=O)CCC1CCCCO1. The maximum absolute atomic E-state index is 11.5. The fraction of sp³-hybridized carbons (Fsp3) is 0.917. The lowest BCUT2D eigenvalue weighted by atomic mass is 10.0. The van der Waals surface area contributed by atoms with E-state index in [1.165, 1.54) is 13.5 Å². The Morgan fingerprint density at radius 3 is 3.06 bits per heavy atom. The molecule has 1 heterocycles. The Morgan fingerprint density at radius 2 is 2.41 bits per heavy atom. The Bertz CT molecular complexity index is 217. The second kappa shape index (κ2) is 8.44. The molecule has 1 saturated heterocycles. The summed E-state index contributed by atoms with van der Waals surface area (Å²) in [6, 6.07) is 0. The topological polar surface area (TPSA) is 67.8 Å². The van der Waals surface area contributed by atoms with Crippen molar-refractivity contribution in [2.75, 3.05) is 26.9 Å². The van der Waals surface area contributed by atoms with Gasteiger partial charge in [-0.1, -0.05) is 0 Å². The molecule has 1 fully saturated rings. The summed E-state index contributed by atoms with van der Waals surface area (Å²) in [4.78, 5) is 11.5. The molecule has 1 aliphatic heterocycles. The van der Waals surface area contributed by atoms with Gasteiger partial charge in [-0.15, -0.1) is 0 Å². The van der Waals surface area contributed by atoms with Gasteiger partial charge in [0.1, 0.15) is 0 Å². The molecule has 0 aromatic heterocycles. The van der Waals surface area contributed by atoms with Gasteiger partial charge in [-0.05, 0) is 25.7 Å². The molecule has 0 aromatic carbocycles. The second-order valence-electron chi connectivity index (χ2n) is 4.44. The molecular formula is C12H23NO4. The van der Waals surface area contributed by atoms with Gasteiger partial charge in [0.05, 0.1) is 18.8 Å². The van der Waals surface area contributed by atoms with Crippen molar-refractivity contribution in [3.63, 3.8) is 0 Å². The number of hydrogen-bond acceptors (Lipinski definition) is 4. The van der Waals surface area contributed by atoms with Gasteiger partial charge in [0, 0.05) is 26.7 Å². The monoisotopic (exact) mass is 245 g/mol. The fourth-order valence-corrected chi connectivity index (χ4v) is 1.90. The third-order valence-electron chi connectivity index (χ3n) is 2.86. The van der Waals surface area contributed by atoms with E-state index in [0.717, 1.165) is 25.9 Å². The van der Waals surface area contributed by atoms with Crippen LogP contribution in [0.4, 0.5) is 0 Å². The number of carbonyl (C=O) groups is 1. The number of carbonyl (C=O) groups excluding carboxylic acids is 1. The van der Waals surface area contributed by atoms with Gasteiger partial charge < -0.3 is 19.9 Å². The van der Waals surface area contributed by atoms with E-state index in [1.54, 1.807) is 0 Å². The van der Waals surface area contributed by atoms with Gasteiger partial charge >= 0.3 is 0 Å². The predicted octanol–water partition coefficient (Wildman–Crippen LogP) is 0.459. The molecule has 1 rings (SSSR count). The maximum atomic E-state index is 11.5. The summed E-state index contributed by atoms with van der Waals surface area (Å²) < 4.78 is 10.3. The van der Waals surface area contributed by atoms with Crippen LogP contribution >= 0.6 is 0 Å². The van der Waals surface area contributed by atoms with Crippen molar-refractivity contribution in [3.05, 3.63) is 0 Å². The van der Waals surface area contributed by atoms with Crippen molar-refractivity contribution in [2.45, 2.75) is 44.3 Å². The maximum Gasteiger partial charge on any atom is 0.220 e. The van der Waals surface area contributed by atoms with Crippen LogP contribution in [-0.2, 0) is 14.3 Å². The van der Waals surface area contributed by atoms with Crippen molar-refractivity contribution in [2.24, 2.45) is 0 Å². The van der Waals surface area contributed by atoms with Crippen LogP contribution in [0.25, 0.3) is 0 Å². The zero-order valence-corrected chi connectivity index (χ0v) is 10.5. The van der Waals surface area contributed by atoms with E-state index >= 15 is 0 Å². The smallest absolute Gasteiger partial charge is 0.220 e. The fourth-order valence-electron chi connectivity index (χ4n) is 1.90. The average molecular weight is 245 g/mol. The summed E-state index contributed by atoms with van der Waals surface area (Å²) >= 11 is 0. The number of rotatable bonds is 7. The van der Waals surface area contributed by atoms with Gasteiger partial charge in [0.2, 0.25) is 5.91 Å². The lowest BCUT2D eigenvalue weighted by Crippen LogP contribution is -2.34. The number of aliphatic hydroxyl groups excluding tert-OH is 1. The Morgan fingerprint density at radius 1 is 1.59 bits per heavy atom. The molecule has 0 aliphatic carbocycles. The third-order valence-corrected chi connectivity index (χ3v) is 2.86. The van der Waals surface area contributed by atoms with Crippen LogP contribution in [0, 0.1) is 0 Å². The summed E-state index contributed by atoms with van der Waals surface area (Å²) in [6.07, 6.45) is 4.22. The minimum absolute atomic E-state index is 0.0330. The molecule has 1 amide bonds. The first-order valence-electron chi connectivity index (χ1n) is 6.27. The van der Waals surface area contributed by atoms with E-state index in [-0.39, 0.29) is 25.2 Å². The van der Waals surface area contributed by atoms with E-state index < -0.39 is 6.10 Å². The highest BCUT2D eigenvalue weighted by Gasteiger charge is 2.15. The van der Waals surface area contributed by atoms with E-state index in [0.29, 0.717) is 6.42 Å². The molecule has 2 unspecified atom stereocenters. The van der Waals surface area contributed by atoms with Crippen molar-refractivity contribution >= 4 is 5.91 Å². The Kier molecular flexibility index (Phi) is 7.16. The normalized spacial score (nSPS) is 22.1. The number of nitrogens with one attached hydrogen (secondary N) is 1. The van der Waals surface area contributed by atoms with Gasteiger partial charge in [-0.25, -0.2) is 0 Å². The molecule has 100 valence electrons. The number of aliphatic hydroxyl groups is 1. The lowest BCUT2D eigenvalue weighted by Gasteiger charge is -2.22. The highest BCUT2D eigenvalue weighted by Crippen LogP contribution is 2.16. The number of methoxy groups -OCH3 is 1. The van der Waals surface area contributed by atoms with Crippen LogP contribution in [0.5, 0.6) is 0 Å². The zero-order chi connectivity index (χ0) is 12.5. The van der Waals surface area contributed by atoms with Gasteiger partial charge in [0.25, 0.3) is 0 Å². The van der Waals surface area contributed by atoms with Crippen LogP contribution < -0.4 is 5.32 Å². The van der Waals surface area contributed by atoms with Gasteiger partial charge in [-0.3, -0.25) is 4.79 Å². The number of hydrogen-bond donors (Lipinski definition) is 2. The standard InChI is InChI=1S/C12H23NO4/c1-16-9-10(14)8-13-12(15)6-5-11-4-2-3-7-17-11/h10-11,14H,2-9H2,1H3,(H,13,15). The van der Waals surface area contributed by atoms with Crippen LogP contribution in [0.15, 0.2) is 0 Å². The molecule has 2 N–H and O–H groups in total. The first kappa shape index (κ1) is 14.4. The summed E-state index contributed by atoms with van der Waals surface area (Å²) in [6.45, 7) is 1.31. The third kappa shape index (κ3) is 6.61. The van der Waals surface area contributed by atoms with E-state index in [9.17, 15) is 9.90 Å². The van der Waals surface area contributed by atoms with E-state index in [1.807, 2.05) is 0 Å². The quantitative estimate of drug-likeness (QED) is 0.684. The highest BCUT2D eigenvalue weighted by molar-refractivity contribution is 5.75. The Labute approximate surface area is 102 Å². The van der Waals surface area contributed by atoms with Crippen molar-refractivity contribution in [1.82, 2.24) is 5.32 Å². The molecule has 1 aliphatic rings. The van der Waals surface area contributed by atoms with E-state index in [2.05, 4.69) is 5.32 Å². The second-order valence-corrected chi connectivity index (χ2v) is 4.44. The summed E-state index contributed by atoms with van der Waals surface area (Å²) in [5, 5.41) is 12.0. The molecule has 17 heavy (non-hydrogen) atoms. The van der Waals surface area contributed by atoms with Gasteiger partial charge in [-0.2, -0.15) is 0 Å². The summed E-state index contributed by atoms with van der Waals surface area (Å²) in [7, 11) is 1.52.